The number of epoxide rings is 1. The zero-order valence-electron chi connectivity index (χ0n) is 15.4. The van der Waals surface area contributed by atoms with Gasteiger partial charge in [-0.1, -0.05) is 25.5 Å². The summed E-state index contributed by atoms with van der Waals surface area (Å²) in [7, 11) is 0. The van der Waals surface area contributed by atoms with Crippen molar-refractivity contribution in [3.8, 4) is 0 Å². The van der Waals surface area contributed by atoms with E-state index in [4.69, 9.17) is 4.74 Å². The number of rotatable bonds is 1. The third kappa shape index (κ3) is 2.88. The Morgan fingerprint density at radius 2 is 1.96 bits per heavy atom. The average Bonchev–Trinajstić information content (AvgIpc) is 3.19. The molecule has 1 unspecified atom stereocenters. The third-order valence-corrected chi connectivity index (χ3v) is 6.94. The summed E-state index contributed by atoms with van der Waals surface area (Å²) in [4.78, 5) is 0. The molecular formula is C20H32O4. The summed E-state index contributed by atoms with van der Waals surface area (Å²) in [6, 6.07) is 0. The molecule has 2 aliphatic carbocycles. The van der Waals surface area contributed by atoms with Gasteiger partial charge in [0.2, 0.25) is 0 Å². The van der Waals surface area contributed by atoms with Crippen LogP contribution >= 0.6 is 0 Å². The van der Waals surface area contributed by atoms with E-state index in [0.29, 0.717) is 12.0 Å². The zero-order chi connectivity index (χ0) is 17.7. The molecule has 6 atom stereocenters. The Morgan fingerprint density at radius 1 is 1.25 bits per heavy atom. The lowest BCUT2D eigenvalue weighted by atomic mass is 9.60. The van der Waals surface area contributed by atoms with Gasteiger partial charge in [-0.3, -0.25) is 0 Å². The van der Waals surface area contributed by atoms with Crippen LogP contribution in [0.15, 0.2) is 22.8 Å². The van der Waals surface area contributed by atoms with Crippen molar-refractivity contribution in [3.63, 3.8) is 0 Å². The fourth-order valence-corrected chi connectivity index (χ4v) is 4.78. The second kappa shape index (κ2) is 6.24. The highest BCUT2D eigenvalue weighted by molar-refractivity contribution is 5.35. The molecule has 136 valence electrons. The fraction of sp³-hybridized carbons (Fsp3) is 0.800. The van der Waals surface area contributed by atoms with E-state index in [1.54, 1.807) is 0 Å². The predicted molar refractivity (Wildman–Crippen MR) is 93.5 cm³/mol. The maximum absolute atomic E-state index is 10.9. The van der Waals surface area contributed by atoms with Gasteiger partial charge in [-0.15, -0.1) is 0 Å². The Hall–Kier alpha value is -0.680. The first kappa shape index (κ1) is 18.1. The monoisotopic (exact) mass is 336 g/mol. The van der Waals surface area contributed by atoms with E-state index in [0.717, 1.165) is 31.3 Å². The van der Waals surface area contributed by atoms with E-state index < -0.39 is 12.2 Å². The highest BCUT2D eigenvalue weighted by Gasteiger charge is 2.58. The first-order valence-corrected chi connectivity index (χ1v) is 9.27. The van der Waals surface area contributed by atoms with Crippen LogP contribution in [0.5, 0.6) is 0 Å². The number of aliphatic hydroxyl groups is 3. The highest BCUT2D eigenvalue weighted by atomic mass is 16.6. The van der Waals surface area contributed by atoms with Crippen LogP contribution in [0.2, 0.25) is 0 Å². The molecule has 24 heavy (non-hydrogen) atoms. The number of ether oxygens (including phenoxy) is 1. The van der Waals surface area contributed by atoms with Crippen LogP contribution in [0.3, 0.4) is 0 Å². The van der Waals surface area contributed by atoms with Crippen molar-refractivity contribution < 1.29 is 20.1 Å². The van der Waals surface area contributed by atoms with Crippen molar-refractivity contribution in [2.45, 2.75) is 83.7 Å². The Morgan fingerprint density at radius 3 is 2.62 bits per heavy atom. The third-order valence-electron chi connectivity index (χ3n) is 6.94. The van der Waals surface area contributed by atoms with Gasteiger partial charge >= 0.3 is 0 Å². The minimum Gasteiger partial charge on any atom is -0.392 e. The SMILES string of the molecule is C/C1=C\CC[C@@]2(C)O[C@@H]2[C@H](O)C2=C(CO)C(C)(CC1)[C@H](C)C[C@@H]2O. The lowest BCUT2D eigenvalue weighted by molar-refractivity contribution is 0.0564. The minimum absolute atomic E-state index is 0.115. The Labute approximate surface area is 145 Å². The Balaban J connectivity index is 2.07. The molecule has 3 aliphatic rings. The molecule has 3 N–H and O–H groups in total. The lowest BCUT2D eigenvalue weighted by Gasteiger charge is -2.46. The molecule has 2 bridgehead atoms. The van der Waals surface area contributed by atoms with E-state index in [-0.39, 0.29) is 29.6 Å². The summed E-state index contributed by atoms with van der Waals surface area (Å²) < 4.78 is 5.85. The maximum atomic E-state index is 10.9. The smallest absolute Gasteiger partial charge is 0.117 e. The standard InChI is InChI=1S/C20H32O4/c1-12-6-5-8-20(4)18(24-20)17(23)16-14(11-21)19(3,9-7-12)13(2)10-15(16)22/h6,13,15,17-18,21-23H,5,7-11H2,1-4H3/b12-6+/t13-,15+,17-,18-,19?,20-/m1/s1. The lowest BCUT2D eigenvalue weighted by Crippen LogP contribution is -2.44. The number of hydrogen-bond acceptors (Lipinski definition) is 4. The molecule has 0 aromatic carbocycles. The highest BCUT2D eigenvalue weighted by Crippen LogP contribution is 2.52. The molecule has 4 heteroatoms. The van der Waals surface area contributed by atoms with E-state index in [1.165, 1.54) is 5.57 Å². The van der Waals surface area contributed by atoms with Gasteiger partial charge in [0.05, 0.1) is 18.3 Å². The second-order valence-corrected chi connectivity index (χ2v) is 8.55. The molecule has 0 aromatic rings. The van der Waals surface area contributed by atoms with Gasteiger partial charge in [-0.25, -0.2) is 0 Å². The Bertz CT molecular complexity index is 566. The molecular weight excluding hydrogens is 304 g/mol. The van der Waals surface area contributed by atoms with Crippen molar-refractivity contribution in [2.24, 2.45) is 11.3 Å². The molecule has 1 heterocycles. The molecule has 4 nitrogen and oxygen atoms in total. The molecule has 0 aromatic heterocycles. The maximum Gasteiger partial charge on any atom is 0.117 e. The van der Waals surface area contributed by atoms with Crippen LogP contribution in [0.1, 0.15) is 59.8 Å². The first-order valence-electron chi connectivity index (χ1n) is 9.27. The largest absolute Gasteiger partial charge is 0.392 e. The number of fused-ring (bicyclic) bond motifs is 2. The van der Waals surface area contributed by atoms with Gasteiger partial charge in [0.1, 0.15) is 12.2 Å². The van der Waals surface area contributed by atoms with E-state index in [1.807, 2.05) is 6.92 Å². The van der Waals surface area contributed by atoms with Crippen LogP contribution in [0.25, 0.3) is 0 Å². The molecule has 0 amide bonds. The van der Waals surface area contributed by atoms with E-state index >= 15 is 0 Å². The summed E-state index contributed by atoms with van der Waals surface area (Å²) in [5.74, 6) is 0.257. The van der Waals surface area contributed by atoms with E-state index in [2.05, 4.69) is 26.8 Å². The quantitative estimate of drug-likeness (QED) is 0.508. The minimum atomic E-state index is -0.830. The van der Waals surface area contributed by atoms with E-state index in [9.17, 15) is 15.3 Å². The van der Waals surface area contributed by atoms with Crippen molar-refractivity contribution in [2.75, 3.05) is 6.61 Å². The van der Waals surface area contributed by atoms with Crippen LogP contribution in [0.4, 0.5) is 0 Å². The van der Waals surface area contributed by atoms with Gasteiger partial charge in [-0.05, 0) is 68.4 Å². The molecule has 1 fully saturated rings. The topological polar surface area (TPSA) is 73.2 Å². The molecule has 1 saturated heterocycles. The van der Waals surface area contributed by atoms with Crippen LogP contribution in [-0.2, 0) is 4.74 Å². The molecule has 3 rings (SSSR count). The van der Waals surface area contributed by atoms with Crippen LogP contribution in [-0.4, -0.2) is 45.8 Å². The van der Waals surface area contributed by atoms with Gasteiger partial charge in [0, 0.05) is 0 Å². The Kier molecular flexibility index (Phi) is 4.71. The van der Waals surface area contributed by atoms with Crippen molar-refractivity contribution in [1.29, 1.82) is 0 Å². The summed E-state index contributed by atoms with van der Waals surface area (Å²) in [6.07, 6.45) is 4.83. The van der Waals surface area contributed by atoms with Crippen molar-refractivity contribution in [3.05, 3.63) is 22.8 Å². The summed E-state index contributed by atoms with van der Waals surface area (Å²) in [5.41, 5.74) is 2.28. The summed E-state index contributed by atoms with van der Waals surface area (Å²) >= 11 is 0. The number of aliphatic hydroxyl groups excluding tert-OH is 3. The van der Waals surface area contributed by atoms with Gasteiger partial charge in [0.15, 0.2) is 0 Å². The van der Waals surface area contributed by atoms with Gasteiger partial charge in [-0.2, -0.15) is 0 Å². The van der Waals surface area contributed by atoms with Crippen molar-refractivity contribution >= 4 is 0 Å². The molecule has 0 radical (unpaired) electrons. The van der Waals surface area contributed by atoms with Gasteiger partial charge < -0.3 is 20.1 Å². The molecule has 0 saturated carbocycles. The normalized spacial score (nSPS) is 48.7. The van der Waals surface area contributed by atoms with Crippen LogP contribution < -0.4 is 0 Å². The number of allylic oxidation sites excluding steroid dienone is 2. The number of hydrogen-bond donors (Lipinski definition) is 3. The molecule has 0 spiro atoms. The second-order valence-electron chi connectivity index (χ2n) is 8.55. The zero-order valence-corrected chi connectivity index (χ0v) is 15.4. The van der Waals surface area contributed by atoms with Gasteiger partial charge in [0.25, 0.3) is 0 Å². The van der Waals surface area contributed by atoms with Crippen molar-refractivity contribution in [1.82, 2.24) is 0 Å². The predicted octanol–water partition coefficient (Wildman–Crippen LogP) is 2.72. The average molecular weight is 336 g/mol. The fourth-order valence-electron chi connectivity index (χ4n) is 4.78. The molecule has 1 aliphatic heterocycles. The van der Waals surface area contributed by atoms with Crippen LogP contribution in [0, 0.1) is 11.3 Å². The summed E-state index contributed by atoms with van der Waals surface area (Å²) in [6.45, 7) is 8.41. The summed E-state index contributed by atoms with van der Waals surface area (Å²) in [5, 5.41) is 31.7. The first-order chi connectivity index (χ1) is 11.2.